The predicted octanol–water partition coefficient (Wildman–Crippen LogP) is 5.87. The van der Waals surface area contributed by atoms with Gasteiger partial charge in [0.2, 0.25) is 0 Å². The molecule has 0 unspecified atom stereocenters. The van der Waals surface area contributed by atoms with Crippen LogP contribution in [0.2, 0.25) is 58.9 Å². The Hall–Kier alpha value is 1.18. The van der Waals surface area contributed by atoms with Crippen molar-refractivity contribution in [2.24, 2.45) is 0 Å². The van der Waals surface area contributed by atoms with Crippen LogP contribution in [0.5, 0.6) is 0 Å². The van der Waals surface area contributed by atoms with Crippen molar-refractivity contribution in [1.29, 1.82) is 0 Å². The maximum absolute atomic E-state index is 6.18. The molecule has 0 amide bonds. The zero-order chi connectivity index (χ0) is 17.2. The standard InChI is InChI=1S/C16H40OSSi4/c1-19(2,3)22(20(4,5)6,21(7,8)9)18-15-14-17-16-12-10-11-13-16/h16H,10-15H2,1-9H3. The van der Waals surface area contributed by atoms with Gasteiger partial charge in [-0.2, -0.15) is 11.2 Å². The maximum Gasteiger partial charge on any atom is 0.0947 e. The molecule has 0 aromatic heterocycles. The zero-order valence-electron chi connectivity index (χ0n) is 16.6. The van der Waals surface area contributed by atoms with Gasteiger partial charge >= 0.3 is 0 Å². The minimum atomic E-state index is -1.22. The van der Waals surface area contributed by atoms with E-state index in [0.717, 1.165) is 6.61 Å². The summed E-state index contributed by atoms with van der Waals surface area (Å²) in [6.45, 7) is 25.1. The summed E-state index contributed by atoms with van der Waals surface area (Å²) in [5.74, 6) is 0.0417. The van der Waals surface area contributed by atoms with Crippen LogP contribution in [-0.2, 0) is 4.74 Å². The largest absolute Gasteiger partial charge is 0.377 e. The lowest BCUT2D eigenvalue weighted by molar-refractivity contribution is 0.0705. The molecule has 0 radical (unpaired) electrons. The van der Waals surface area contributed by atoms with E-state index >= 15 is 0 Å². The molecule has 6 heteroatoms. The molecule has 1 aliphatic rings. The van der Waals surface area contributed by atoms with Crippen LogP contribution >= 0.6 is 11.2 Å². The van der Waals surface area contributed by atoms with Crippen molar-refractivity contribution in [3.05, 3.63) is 0 Å². The SMILES string of the molecule is C[Si](C)(C)[Si](SCCOC1CCCC1)([Si](C)(C)C)[Si](C)(C)C. The Balaban J connectivity index is 2.81. The second kappa shape index (κ2) is 7.60. The Bertz CT molecular complexity index is 313. The molecular formula is C16H40OSSi4. The summed E-state index contributed by atoms with van der Waals surface area (Å²) in [6, 6.07) is 0. The van der Waals surface area contributed by atoms with E-state index in [-0.39, 0.29) is 0 Å². The summed E-state index contributed by atoms with van der Waals surface area (Å²) in [6.07, 6.45) is 5.97. The highest BCUT2D eigenvalue weighted by Gasteiger charge is 2.62. The Morgan fingerprint density at radius 1 is 0.773 bits per heavy atom. The van der Waals surface area contributed by atoms with Gasteiger partial charge in [0.25, 0.3) is 0 Å². The van der Waals surface area contributed by atoms with E-state index in [0.29, 0.717) is 6.10 Å². The molecule has 1 fully saturated rings. The van der Waals surface area contributed by atoms with Crippen molar-refractivity contribution < 1.29 is 4.74 Å². The van der Waals surface area contributed by atoms with Crippen LogP contribution in [0.15, 0.2) is 0 Å². The smallest absolute Gasteiger partial charge is 0.0947 e. The molecule has 1 rings (SSSR count). The number of ether oxygens (including phenoxy) is 1. The first-order valence-corrected chi connectivity index (χ1v) is 26.3. The van der Waals surface area contributed by atoms with Crippen molar-refractivity contribution in [1.82, 2.24) is 0 Å². The van der Waals surface area contributed by atoms with Crippen LogP contribution in [0.4, 0.5) is 0 Å². The molecular weight excluding hydrogens is 353 g/mol. The monoisotopic (exact) mass is 392 g/mol. The molecule has 1 nitrogen and oxygen atoms in total. The Labute approximate surface area is 147 Å². The highest BCUT2D eigenvalue weighted by molar-refractivity contribution is 8.50. The second-order valence-corrected chi connectivity index (χ2v) is 56.3. The van der Waals surface area contributed by atoms with E-state index in [1.54, 1.807) is 0 Å². The average molecular weight is 393 g/mol. The molecule has 0 atom stereocenters. The maximum atomic E-state index is 6.18. The fourth-order valence-corrected chi connectivity index (χ4v) is 115. The van der Waals surface area contributed by atoms with Gasteiger partial charge < -0.3 is 4.74 Å². The normalized spacial score (nSPS) is 19.0. The van der Waals surface area contributed by atoms with Gasteiger partial charge in [-0.05, 0) is 12.8 Å². The Kier molecular flexibility index (Phi) is 7.33. The molecule has 0 N–H and O–H groups in total. The molecule has 0 aromatic carbocycles. The summed E-state index contributed by atoms with van der Waals surface area (Å²) in [5.41, 5.74) is 0. The van der Waals surface area contributed by atoms with E-state index in [1.165, 1.54) is 31.4 Å². The van der Waals surface area contributed by atoms with Gasteiger partial charge in [-0.15, -0.1) is 0 Å². The van der Waals surface area contributed by atoms with Gasteiger partial charge in [0, 0.05) is 28.5 Å². The average Bonchev–Trinajstić information content (AvgIpc) is 2.75. The topological polar surface area (TPSA) is 9.23 Å². The van der Waals surface area contributed by atoms with Crippen LogP contribution in [0.1, 0.15) is 25.7 Å². The van der Waals surface area contributed by atoms with Crippen LogP contribution < -0.4 is 0 Å². The van der Waals surface area contributed by atoms with Gasteiger partial charge in [0.1, 0.15) is 0 Å². The molecule has 0 heterocycles. The summed E-state index contributed by atoms with van der Waals surface area (Å²) in [7, 11) is -3.36. The molecule has 0 aromatic rings. The van der Waals surface area contributed by atoms with Crippen LogP contribution in [0.25, 0.3) is 0 Å². The van der Waals surface area contributed by atoms with Gasteiger partial charge in [0.05, 0.1) is 18.5 Å². The second-order valence-electron chi connectivity index (χ2n) is 10.1. The van der Waals surface area contributed by atoms with Crippen molar-refractivity contribution in [3.63, 3.8) is 0 Å². The van der Waals surface area contributed by atoms with Gasteiger partial charge in [-0.25, -0.2) is 0 Å². The lowest BCUT2D eigenvalue weighted by Gasteiger charge is -2.56. The number of hydrogen-bond donors (Lipinski definition) is 0. The third-order valence-corrected chi connectivity index (χ3v) is 94.2. The minimum Gasteiger partial charge on any atom is -0.377 e. The third kappa shape index (κ3) is 4.62. The van der Waals surface area contributed by atoms with E-state index in [9.17, 15) is 0 Å². The fraction of sp³-hybridized carbons (Fsp3) is 1.00. The Morgan fingerprint density at radius 3 is 1.55 bits per heavy atom. The number of rotatable bonds is 8. The summed E-state index contributed by atoms with van der Waals surface area (Å²) in [5, 5.41) is 0. The molecule has 0 spiro atoms. The zero-order valence-corrected chi connectivity index (χ0v) is 21.5. The van der Waals surface area contributed by atoms with Crippen molar-refractivity contribution in [2.45, 2.75) is 90.7 Å². The first-order valence-electron chi connectivity index (χ1n) is 9.08. The molecule has 22 heavy (non-hydrogen) atoms. The van der Waals surface area contributed by atoms with Gasteiger partial charge in [-0.3, -0.25) is 0 Å². The summed E-state index contributed by atoms with van der Waals surface area (Å²) < 4.78 is 6.18. The van der Waals surface area contributed by atoms with Crippen LogP contribution in [0, 0.1) is 0 Å². The highest BCUT2D eigenvalue weighted by Crippen LogP contribution is 2.44. The molecule has 0 saturated heterocycles. The molecule has 1 saturated carbocycles. The summed E-state index contributed by atoms with van der Waals surface area (Å²) >= 11 is 2.47. The Morgan fingerprint density at radius 2 is 1.18 bits per heavy atom. The molecule has 1 aliphatic carbocycles. The van der Waals surface area contributed by atoms with Crippen LogP contribution in [-0.4, -0.2) is 47.0 Å². The first-order chi connectivity index (χ1) is 9.83. The number of hydrogen-bond acceptors (Lipinski definition) is 2. The summed E-state index contributed by atoms with van der Waals surface area (Å²) in [4.78, 5) is 0. The van der Waals surface area contributed by atoms with E-state index < -0.39 is 28.6 Å². The van der Waals surface area contributed by atoms with E-state index in [2.05, 4.69) is 70.1 Å². The minimum absolute atomic E-state index is 0.585. The molecule has 132 valence electrons. The predicted molar refractivity (Wildman–Crippen MR) is 116 cm³/mol. The first kappa shape index (κ1) is 21.2. The highest BCUT2D eigenvalue weighted by atomic mass is 32.4. The van der Waals surface area contributed by atoms with Crippen molar-refractivity contribution in [3.8, 4) is 0 Å². The van der Waals surface area contributed by atoms with E-state index in [4.69, 9.17) is 4.74 Å². The third-order valence-electron chi connectivity index (χ3n) is 5.23. The van der Waals surface area contributed by atoms with Gasteiger partial charge in [0.15, 0.2) is 0 Å². The van der Waals surface area contributed by atoms with Crippen molar-refractivity contribution >= 4 is 39.8 Å². The molecule has 0 aliphatic heterocycles. The molecule has 0 bridgehead atoms. The lowest BCUT2D eigenvalue weighted by Crippen LogP contribution is -2.81. The van der Waals surface area contributed by atoms with E-state index in [1.807, 2.05) is 0 Å². The lowest BCUT2D eigenvalue weighted by atomic mass is 10.3. The fourth-order valence-electron chi connectivity index (χ4n) is 5.49. The van der Waals surface area contributed by atoms with Crippen molar-refractivity contribution in [2.75, 3.05) is 12.4 Å². The van der Waals surface area contributed by atoms with Gasteiger partial charge in [-0.1, -0.05) is 71.8 Å². The van der Waals surface area contributed by atoms with Crippen LogP contribution in [0.3, 0.4) is 0 Å². The quantitative estimate of drug-likeness (QED) is 0.377.